The molecule has 5 nitrogen and oxygen atoms in total. The van der Waals surface area contributed by atoms with E-state index in [4.69, 9.17) is 14.6 Å². The fraction of sp³-hybridized carbons (Fsp3) is 0.857. The van der Waals surface area contributed by atoms with Crippen LogP contribution in [-0.2, 0) is 19.0 Å². The van der Waals surface area contributed by atoms with Crippen molar-refractivity contribution in [3.05, 3.63) is 0 Å². The first-order valence-electron chi connectivity index (χ1n) is 3.69. The van der Waals surface area contributed by atoms with Crippen molar-refractivity contribution < 1.29 is 24.1 Å². The Morgan fingerprint density at radius 2 is 2.42 bits per heavy atom. The SMILES string of the molecule is COCC(OC1COC1)C(=O)O. The van der Waals surface area contributed by atoms with Crippen molar-refractivity contribution in [2.45, 2.75) is 12.2 Å². The van der Waals surface area contributed by atoms with Gasteiger partial charge < -0.3 is 19.3 Å². The fourth-order valence-electron chi connectivity index (χ4n) is 0.845. The van der Waals surface area contributed by atoms with Gasteiger partial charge in [0.1, 0.15) is 6.10 Å². The maximum atomic E-state index is 10.5. The van der Waals surface area contributed by atoms with Crippen molar-refractivity contribution in [2.24, 2.45) is 0 Å². The molecule has 1 rings (SSSR count). The average molecular weight is 176 g/mol. The second kappa shape index (κ2) is 4.39. The van der Waals surface area contributed by atoms with Crippen LogP contribution in [0.15, 0.2) is 0 Å². The summed E-state index contributed by atoms with van der Waals surface area (Å²) in [5, 5.41) is 8.63. The lowest BCUT2D eigenvalue weighted by molar-refractivity contribution is -0.185. The van der Waals surface area contributed by atoms with Gasteiger partial charge in [0, 0.05) is 7.11 Å². The molecular weight excluding hydrogens is 164 g/mol. The maximum Gasteiger partial charge on any atom is 0.335 e. The second-order valence-corrected chi connectivity index (χ2v) is 2.58. The molecule has 1 aliphatic heterocycles. The minimum atomic E-state index is -0.997. The quantitative estimate of drug-likeness (QED) is 0.611. The Labute approximate surface area is 70.2 Å². The minimum absolute atomic E-state index is 0.0752. The number of hydrogen-bond acceptors (Lipinski definition) is 4. The molecular formula is C7H12O5. The molecule has 1 unspecified atom stereocenters. The summed E-state index contributed by atoms with van der Waals surface area (Å²) >= 11 is 0. The third kappa shape index (κ3) is 2.44. The summed E-state index contributed by atoms with van der Waals surface area (Å²) < 4.78 is 14.7. The first-order valence-corrected chi connectivity index (χ1v) is 3.69. The zero-order chi connectivity index (χ0) is 8.97. The van der Waals surface area contributed by atoms with E-state index in [1.807, 2.05) is 0 Å². The second-order valence-electron chi connectivity index (χ2n) is 2.58. The smallest absolute Gasteiger partial charge is 0.335 e. The minimum Gasteiger partial charge on any atom is -0.479 e. The predicted octanol–water partition coefficient (Wildman–Crippen LogP) is -0.499. The Kier molecular flexibility index (Phi) is 3.46. The third-order valence-corrected chi connectivity index (χ3v) is 1.56. The zero-order valence-electron chi connectivity index (χ0n) is 6.86. The molecule has 0 aliphatic carbocycles. The number of carboxylic acid groups (broad SMARTS) is 1. The van der Waals surface area contributed by atoms with Gasteiger partial charge in [-0.1, -0.05) is 0 Å². The number of methoxy groups -OCH3 is 1. The van der Waals surface area contributed by atoms with E-state index in [0.717, 1.165) is 0 Å². The van der Waals surface area contributed by atoms with Gasteiger partial charge in [-0.25, -0.2) is 4.79 Å². The van der Waals surface area contributed by atoms with Crippen LogP contribution in [-0.4, -0.2) is 50.2 Å². The van der Waals surface area contributed by atoms with Crippen LogP contribution in [0.4, 0.5) is 0 Å². The topological polar surface area (TPSA) is 65.0 Å². The van der Waals surface area contributed by atoms with Crippen molar-refractivity contribution in [1.82, 2.24) is 0 Å². The molecule has 0 aromatic rings. The Hall–Kier alpha value is -0.650. The van der Waals surface area contributed by atoms with Gasteiger partial charge in [-0.15, -0.1) is 0 Å². The Bertz CT molecular complexity index is 154. The normalized spacial score (nSPS) is 20.1. The first-order chi connectivity index (χ1) is 5.74. The Morgan fingerprint density at radius 3 is 2.75 bits per heavy atom. The van der Waals surface area contributed by atoms with Crippen LogP contribution < -0.4 is 0 Å². The van der Waals surface area contributed by atoms with Crippen LogP contribution in [0.3, 0.4) is 0 Å². The van der Waals surface area contributed by atoms with Crippen molar-refractivity contribution in [2.75, 3.05) is 26.9 Å². The van der Waals surface area contributed by atoms with Gasteiger partial charge in [0.15, 0.2) is 6.10 Å². The largest absolute Gasteiger partial charge is 0.479 e. The van der Waals surface area contributed by atoms with Gasteiger partial charge in [-0.2, -0.15) is 0 Å². The van der Waals surface area contributed by atoms with E-state index < -0.39 is 12.1 Å². The highest BCUT2D eigenvalue weighted by Gasteiger charge is 2.27. The van der Waals surface area contributed by atoms with Crippen LogP contribution >= 0.6 is 0 Å². The Morgan fingerprint density at radius 1 is 1.75 bits per heavy atom. The van der Waals surface area contributed by atoms with Gasteiger partial charge in [0.25, 0.3) is 0 Å². The Balaban J connectivity index is 2.26. The molecule has 1 saturated heterocycles. The van der Waals surface area contributed by atoms with Gasteiger partial charge in [0.2, 0.25) is 0 Å². The van der Waals surface area contributed by atoms with Crippen molar-refractivity contribution >= 4 is 5.97 Å². The van der Waals surface area contributed by atoms with Crippen molar-refractivity contribution in [1.29, 1.82) is 0 Å². The summed E-state index contributed by atoms with van der Waals surface area (Å²) in [5.41, 5.74) is 0. The molecule has 0 aromatic heterocycles. The molecule has 1 N–H and O–H groups in total. The van der Waals surface area contributed by atoms with E-state index in [0.29, 0.717) is 13.2 Å². The summed E-state index contributed by atoms with van der Waals surface area (Å²) in [6.45, 7) is 1.03. The summed E-state index contributed by atoms with van der Waals surface area (Å²) in [7, 11) is 1.44. The highest BCUT2D eigenvalue weighted by molar-refractivity contribution is 5.72. The molecule has 70 valence electrons. The number of rotatable bonds is 5. The van der Waals surface area contributed by atoms with Crippen molar-refractivity contribution in [3.8, 4) is 0 Å². The molecule has 5 heteroatoms. The standard InChI is InChI=1S/C7H12O5/c1-10-4-6(7(8)9)12-5-2-11-3-5/h5-6H,2-4H2,1H3,(H,8,9). The lowest BCUT2D eigenvalue weighted by atomic mass is 10.3. The molecule has 12 heavy (non-hydrogen) atoms. The molecule has 0 saturated carbocycles. The lowest BCUT2D eigenvalue weighted by Crippen LogP contribution is -2.43. The summed E-state index contributed by atoms with van der Waals surface area (Å²) in [5.74, 6) is -0.997. The fourth-order valence-corrected chi connectivity index (χ4v) is 0.845. The van der Waals surface area contributed by atoms with Gasteiger partial charge in [0.05, 0.1) is 19.8 Å². The van der Waals surface area contributed by atoms with E-state index >= 15 is 0 Å². The highest BCUT2D eigenvalue weighted by atomic mass is 16.6. The monoisotopic (exact) mass is 176 g/mol. The number of aliphatic carboxylic acids is 1. The maximum absolute atomic E-state index is 10.5. The zero-order valence-corrected chi connectivity index (χ0v) is 6.86. The first kappa shape index (κ1) is 9.44. The summed E-state index contributed by atoms with van der Waals surface area (Å²) in [6.07, 6.45) is -0.954. The van der Waals surface area contributed by atoms with Crippen LogP contribution in [0, 0.1) is 0 Å². The van der Waals surface area contributed by atoms with E-state index in [9.17, 15) is 4.79 Å². The molecule has 1 heterocycles. The highest BCUT2D eigenvalue weighted by Crippen LogP contribution is 2.08. The van der Waals surface area contributed by atoms with E-state index in [-0.39, 0.29) is 12.7 Å². The van der Waals surface area contributed by atoms with E-state index in [1.165, 1.54) is 7.11 Å². The molecule has 1 atom stereocenters. The molecule has 0 radical (unpaired) electrons. The number of carbonyl (C=O) groups is 1. The molecule has 0 bridgehead atoms. The molecule has 0 amide bonds. The van der Waals surface area contributed by atoms with E-state index in [2.05, 4.69) is 4.74 Å². The van der Waals surface area contributed by atoms with Crippen LogP contribution in [0.5, 0.6) is 0 Å². The average Bonchev–Trinajstić information content (AvgIpc) is 1.93. The molecule has 0 spiro atoms. The molecule has 1 aliphatic rings. The van der Waals surface area contributed by atoms with Gasteiger partial charge in [-0.05, 0) is 0 Å². The van der Waals surface area contributed by atoms with Crippen molar-refractivity contribution in [3.63, 3.8) is 0 Å². The summed E-state index contributed by atoms with van der Waals surface area (Å²) in [4.78, 5) is 10.5. The van der Waals surface area contributed by atoms with Crippen LogP contribution in [0.1, 0.15) is 0 Å². The van der Waals surface area contributed by atoms with Gasteiger partial charge >= 0.3 is 5.97 Å². The number of ether oxygens (including phenoxy) is 3. The van der Waals surface area contributed by atoms with Crippen LogP contribution in [0.2, 0.25) is 0 Å². The van der Waals surface area contributed by atoms with Gasteiger partial charge in [-0.3, -0.25) is 0 Å². The molecule has 1 fully saturated rings. The number of carboxylic acids is 1. The lowest BCUT2D eigenvalue weighted by Gasteiger charge is -2.28. The van der Waals surface area contributed by atoms with Crippen LogP contribution in [0.25, 0.3) is 0 Å². The number of hydrogen-bond donors (Lipinski definition) is 1. The van der Waals surface area contributed by atoms with E-state index in [1.54, 1.807) is 0 Å². The summed E-state index contributed by atoms with van der Waals surface area (Å²) in [6, 6.07) is 0. The third-order valence-electron chi connectivity index (χ3n) is 1.56. The predicted molar refractivity (Wildman–Crippen MR) is 39.0 cm³/mol. The molecule has 0 aromatic carbocycles.